The molecule has 0 unspecified atom stereocenters. The lowest BCUT2D eigenvalue weighted by Gasteiger charge is -2.36. The number of ether oxygens (including phenoxy) is 5. The summed E-state index contributed by atoms with van der Waals surface area (Å²) in [6, 6.07) is 1.24. The second-order valence-corrected chi connectivity index (χ2v) is 11.1. The maximum atomic E-state index is 15.3. The molecule has 1 saturated heterocycles. The van der Waals surface area contributed by atoms with Crippen molar-refractivity contribution in [3.05, 3.63) is 22.7 Å². The number of nitrogens with two attached hydrogens (primary N) is 1. The van der Waals surface area contributed by atoms with Gasteiger partial charge in [-0.15, -0.1) is 0 Å². The third-order valence-corrected chi connectivity index (χ3v) is 6.69. The zero-order valence-corrected chi connectivity index (χ0v) is 23.8. The second kappa shape index (κ2) is 14.2. The van der Waals surface area contributed by atoms with Gasteiger partial charge in [0.25, 0.3) is 0 Å². The van der Waals surface area contributed by atoms with Gasteiger partial charge in [-0.2, -0.15) is 4.98 Å². The number of hydrogen-bond donors (Lipinski definition) is 2. The Kier molecular flexibility index (Phi) is 11.8. The Bertz CT molecular complexity index is 1090. The predicted molar refractivity (Wildman–Crippen MR) is 132 cm³/mol. The molecule has 1 aromatic rings. The first-order chi connectivity index (χ1) is 18.6. The monoisotopic (exact) mass is 599 g/mol. The lowest BCUT2D eigenvalue weighted by molar-refractivity contribution is -0.154. The van der Waals surface area contributed by atoms with Gasteiger partial charge in [-0.3, -0.25) is 9.09 Å². The smallest absolute Gasteiger partial charge is 0.432 e. The summed E-state index contributed by atoms with van der Waals surface area (Å²) in [5, 5.41) is 10.8. The molecule has 0 spiro atoms. The van der Waals surface area contributed by atoms with E-state index in [1.807, 2.05) is 0 Å². The van der Waals surface area contributed by atoms with E-state index in [1.165, 1.54) is 6.07 Å². The number of anilines is 1. The predicted octanol–water partition coefficient (Wildman–Crippen LogP) is 2.64. The molecule has 16 nitrogen and oxygen atoms in total. The first-order valence-corrected chi connectivity index (χ1v) is 13.6. The fourth-order valence-corrected chi connectivity index (χ4v) is 4.35. The topological polar surface area (TPSA) is 206 Å². The number of carbonyl (C=O) groups excluding carboxylic acids is 2. The van der Waals surface area contributed by atoms with Gasteiger partial charge in [0, 0.05) is 6.20 Å². The van der Waals surface area contributed by atoms with Gasteiger partial charge in [0.2, 0.25) is 13.6 Å². The number of hydrogen-bond acceptors (Lipinski definition) is 15. The molecule has 0 saturated carbocycles. The van der Waals surface area contributed by atoms with Crippen LogP contribution in [0.1, 0.15) is 47.8 Å². The summed E-state index contributed by atoms with van der Waals surface area (Å²) in [5.74, 6) is -0.811. The number of alkyl halides is 1. The quantitative estimate of drug-likeness (QED) is 0.190. The molecule has 0 aliphatic carbocycles. The Labute approximate surface area is 229 Å². The van der Waals surface area contributed by atoms with Gasteiger partial charge < -0.3 is 34.5 Å². The van der Waals surface area contributed by atoms with Gasteiger partial charge >= 0.3 is 25.8 Å². The normalized spacial score (nSPS) is 23.0. The Balaban J connectivity index is 2.22. The van der Waals surface area contributed by atoms with Crippen LogP contribution in [0, 0.1) is 5.92 Å². The summed E-state index contributed by atoms with van der Waals surface area (Å²) in [7, 11) is -4.77. The molecule has 2 rings (SSSR count). The molecule has 4 atom stereocenters. The van der Waals surface area contributed by atoms with Crippen molar-refractivity contribution >= 4 is 26.0 Å². The van der Waals surface area contributed by atoms with Crippen LogP contribution < -0.4 is 11.4 Å². The van der Waals surface area contributed by atoms with E-state index in [-0.39, 0.29) is 5.82 Å². The van der Waals surface area contributed by atoms with Crippen molar-refractivity contribution in [1.29, 1.82) is 0 Å². The van der Waals surface area contributed by atoms with Gasteiger partial charge in [-0.25, -0.2) is 32.4 Å². The van der Waals surface area contributed by atoms with E-state index in [0.717, 1.165) is 10.8 Å². The number of aliphatic hydroxyl groups is 1. The molecule has 0 radical (unpaired) electrons. The van der Waals surface area contributed by atoms with E-state index in [2.05, 4.69) is 14.5 Å². The fraction of sp³-hybridized carbons (Fsp3) is 0.727. The molecule has 1 fully saturated rings. The number of phosphoric ester groups is 1. The molecule has 40 heavy (non-hydrogen) atoms. The molecular weight excluding hydrogens is 564 g/mol. The summed E-state index contributed by atoms with van der Waals surface area (Å²) >= 11 is 0. The van der Waals surface area contributed by atoms with Crippen molar-refractivity contribution < 1.29 is 60.9 Å². The van der Waals surface area contributed by atoms with Gasteiger partial charge in [0.05, 0.1) is 18.8 Å². The number of nitrogen functional groups attached to an aromatic ring is 1. The SMILES string of the molecule is CC(C)OC(=O)OCOP(=O)(OCOC(=O)OC(C)C)OC[C@@]1(C(C)C)O[C@@H](n2ccc(N)nc2=O)[C@H](F)[C@@H]1O. The van der Waals surface area contributed by atoms with Crippen LogP contribution in [0.15, 0.2) is 17.1 Å². The van der Waals surface area contributed by atoms with Crippen LogP contribution in [0.5, 0.6) is 0 Å². The minimum atomic E-state index is -4.77. The number of rotatable bonds is 13. The fourth-order valence-electron chi connectivity index (χ4n) is 3.40. The number of aromatic nitrogens is 2. The Hall–Kier alpha value is -2.82. The van der Waals surface area contributed by atoms with Gasteiger partial charge in [0.1, 0.15) is 17.5 Å². The van der Waals surface area contributed by atoms with E-state index >= 15 is 4.39 Å². The first kappa shape index (κ1) is 33.4. The van der Waals surface area contributed by atoms with Crippen molar-refractivity contribution in [1.82, 2.24) is 9.55 Å². The van der Waals surface area contributed by atoms with Crippen molar-refractivity contribution in [3.8, 4) is 0 Å². The van der Waals surface area contributed by atoms with Crippen molar-refractivity contribution in [2.24, 2.45) is 5.92 Å². The molecule has 0 aromatic carbocycles. The molecule has 2 heterocycles. The van der Waals surface area contributed by atoms with E-state index in [9.17, 15) is 24.1 Å². The Morgan fingerprint density at radius 1 is 1.10 bits per heavy atom. The molecule has 1 aromatic heterocycles. The molecule has 3 N–H and O–H groups in total. The summed E-state index contributed by atoms with van der Waals surface area (Å²) in [6.45, 7) is 6.55. The highest BCUT2D eigenvalue weighted by atomic mass is 31.2. The maximum Gasteiger partial charge on any atom is 0.510 e. The number of aliphatic hydroxyl groups excluding tert-OH is 1. The molecule has 1 aliphatic rings. The Morgan fingerprint density at radius 2 is 1.62 bits per heavy atom. The van der Waals surface area contributed by atoms with E-state index in [1.54, 1.807) is 41.5 Å². The number of nitrogens with zero attached hydrogens (tertiary/aromatic N) is 2. The number of phosphoric acid groups is 1. The largest absolute Gasteiger partial charge is 0.510 e. The average Bonchev–Trinajstić information content (AvgIpc) is 3.08. The zero-order chi connectivity index (χ0) is 30.3. The second-order valence-electron chi connectivity index (χ2n) is 9.39. The summed E-state index contributed by atoms with van der Waals surface area (Å²) in [4.78, 5) is 39.1. The summed E-state index contributed by atoms with van der Waals surface area (Å²) in [6.07, 6.45) is -7.91. The van der Waals surface area contributed by atoms with Crippen LogP contribution in [0.25, 0.3) is 0 Å². The molecule has 0 bridgehead atoms. The number of halogens is 1. The molecule has 18 heteroatoms. The third-order valence-electron chi connectivity index (χ3n) is 5.41. The van der Waals surface area contributed by atoms with E-state index < -0.39 is 88.2 Å². The van der Waals surface area contributed by atoms with Crippen LogP contribution in [0.4, 0.5) is 19.8 Å². The van der Waals surface area contributed by atoms with Gasteiger partial charge in [-0.1, -0.05) is 13.8 Å². The van der Waals surface area contributed by atoms with Crippen LogP contribution in [-0.4, -0.2) is 77.2 Å². The van der Waals surface area contributed by atoms with Crippen LogP contribution in [0.2, 0.25) is 0 Å². The molecule has 228 valence electrons. The van der Waals surface area contributed by atoms with Crippen molar-refractivity contribution in [3.63, 3.8) is 0 Å². The first-order valence-electron chi connectivity index (χ1n) is 12.1. The molecule has 1 aliphatic heterocycles. The minimum Gasteiger partial charge on any atom is -0.432 e. The highest BCUT2D eigenvalue weighted by molar-refractivity contribution is 7.48. The minimum absolute atomic E-state index is 0.108. The van der Waals surface area contributed by atoms with Crippen molar-refractivity contribution in [2.45, 2.75) is 77.9 Å². The average molecular weight is 600 g/mol. The van der Waals surface area contributed by atoms with E-state index in [0.29, 0.717) is 0 Å². The lowest BCUT2D eigenvalue weighted by atomic mass is 9.85. The van der Waals surface area contributed by atoms with Gasteiger partial charge in [-0.05, 0) is 39.7 Å². The maximum absolute atomic E-state index is 15.3. The molecule has 0 amide bonds. The summed E-state index contributed by atoms with van der Waals surface area (Å²) in [5.41, 5.74) is 2.65. The summed E-state index contributed by atoms with van der Waals surface area (Å²) < 4.78 is 69.4. The molecular formula is C22H35FN3O13P. The van der Waals surface area contributed by atoms with Crippen molar-refractivity contribution in [2.75, 3.05) is 25.9 Å². The lowest BCUT2D eigenvalue weighted by Crippen LogP contribution is -2.50. The zero-order valence-electron chi connectivity index (χ0n) is 22.9. The highest BCUT2D eigenvalue weighted by Crippen LogP contribution is 2.52. The Morgan fingerprint density at radius 3 is 2.08 bits per heavy atom. The number of carbonyl (C=O) groups is 2. The van der Waals surface area contributed by atoms with Crippen LogP contribution in [-0.2, 0) is 41.8 Å². The third kappa shape index (κ3) is 8.84. The highest BCUT2D eigenvalue weighted by Gasteiger charge is 2.59. The van der Waals surface area contributed by atoms with Crippen LogP contribution >= 0.6 is 7.82 Å². The standard InChI is InChI=1S/C22H35FN3O13P/c1-12(2)22(17(27)16(23)18(39-22)26-8-7-15(24)25-19(26)28)9-34-40(31,35-10-32-20(29)37-13(3)4)36-11-33-21(30)38-14(5)6/h7-8,12-14,16-18,27H,9-11H2,1-6H3,(H2,24,25,28)/t16-,17+,18-,22+/m1/s1. The van der Waals surface area contributed by atoms with E-state index in [4.69, 9.17) is 33.5 Å². The van der Waals surface area contributed by atoms with Crippen LogP contribution in [0.3, 0.4) is 0 Å². The van der Waals surface area contributed by atoms with Gasteiger partial charge in [0.15, 0.2) is 12.4 Å².